The molecule has 5 nitrogen and oxygen atoms in total. The highest BCUT2D eigenvalue weighted by Gasteiger charge is 2.06. The van der Waals surface area contributed by atoms with Crippen molar-refractivity contribution in [3.05, 3.63) is 29.8 Å². The molecule has 1 rings (SSSR count). The maximum absolute atomic E-state index is 11.1. The van der Waals surface area contributed by atoms with Gasteiger partial charge in [0.1, 0.15) is 0 Å². The summed E-state index contributed by atoms with van der Waals surface area (Å²) in [6, 6.07) is 8.17. The predicted octanol–water partition coefficient (Wildman–Crippen LogP) is 4.14. The molecule has 0 aliphatic rings. The van der Waals surface area contributed by atoms with Gasteiger partial charge in [-0.05, 0) is 50.3 Å². The molecule has 0 aromatic heterocycles. The number of hydrogen-bond donors (Lipinski definition) is 3. The zero-order valence-electron chi connectivity index (χ0n) is 16.1. The molecule has 3 N–H and O–H groups in total. The van der Waals surface area contributed by atoms with Gasteiger partial charge in [-0.25, -0.2) is 4.99 Å². The third kappa shape index (κ3) is 11.0. The number of nitrogens with one attached hydrogen (secondary N) is 3. The Morgan fingerprint density at radius 1 is 1.20 bits per heavy atom. The van der Waals surface area contributed by atoms with Gasteiger partial charge in [0.25, 0.3) is 0 Å². The molecule has 1 aromatic carbocycles. The Hall–Kier alpha value is -1.31. The number of hydrogen-bond acceptors (Lipinski definition) is 2. The van der Waals surface area contributed by atoms with Crippen molar-refractivity contribution < 1.29 is 4.79 Å². The predicted molar refractivity (Wildman–Crippen MR) is 118 cm³/mol. The van der Waals surface area contributed by atoms with Crippen LogP contribution in [0.3, 0.4) is 0 Å². The van der Waals surface area contributed by atoms with Crippen molar-refractivity contribution in [1.29, 1.82) is 0 Å². The van der Waals surface area contributed by atoms with Crippen molar-refractivity contribution in [3.63, 3.8) is 0 Å². The smallest absolute Gasteiger partial charge is 0.221 e. The molecule has 0 saturated carbocycles. The minimum Gasteiger partial charge on any atom is -0.357 e. The van der Waals surface area contributed by atoms with Crippen molar-refractivity contribution in [3.8, 4) is 0 Å². The summed E-state index contributed by atoms with van der Waals surface area (Å²) < 4.78 is 0. The van der Waals surface area contributed by atoms with Gasteiger partial charge >= 0.3 is 0 Å². The van der Waals surface area contributed by atoms with Gasteiger partial charge in [0.2, 0.25) is 5.91 Å². The van der Waals surface area contributed by atoms with Gasteiger partial charge in [0.05, 0.1) is 6.54 Å². The molecule has 0 saturated heterocycles. The fourth-order valence-electron chi connectivity index (χ4n) is 2.33. The van der Waals surface area contributed by atoms with Crippen LogP contribution in [0.25, 0.3) is 0 Å². The average molecular weight is 460 g/mol. The van der Waals surface area contributed by atoms with Crippen LogP contribution in [-0.2, 0) is 11.3 Å². The first-order valence-corrected chi connectivity index (χ1v) is 8.82. The summed E-state index contributed by atoms with van der Waals surface area (Å²) in [5.41, 5.74) is 1.87. The normalized spacial score (nSPS) is 12.3. The fraction of sp³-hybridized carbons (Fsp3) is 0.579. The van der Waals surface area contributed by atoms with Gasteiger partial charge in [-0.2, -0.15) is 0 Å². The van der Waals surface area contributed by atoms with Crippen molar-refractivity contribution in [2.75, 3.05) is 11.9 Å². The lowest BCUT2D eigenvalue weighted by atomic mass is 10.0. The maximum atomic E-state index is 11.1. The van der Waals surface area contributed by atoms with Crippen LogP contribution in [-0.4, -0.2) is 24.5 Å². The Kier molecular flexibility index (Phi) is 12.3. The minimum absolute atomic E-state index is 0. The lowest BCUT2D eigenvalue weighted by Crippen LogP contribution is -2.42. The first-order valence-electron chi connectivity index (χ1n) is 8.82. The third-order valence-corrected chi connectivity index (χ3v) is 3.57. The molecule has 1 atom stereocenters. The van der Waals surface area contributed by atoms with Gasteiger partial charge < -0.3 is 16.0 Å². The molecule has 0 aliphatic carbocycles. The van der Waals surface area contributed by atoms with Crippen LogP contribution in [0.1, 0.15) is 53.0 Å². The molecule has 142 valence electrons. The quantitative estimate of drug-likeness (QED) is 0.310. The molecule has 0 heterocycles. The molecule has 25 heavy (non-hydrogen) atoms. The van der Waals surface area contributed by atoms with E-state index < -0.39 is 0 Å². The second-order valence-electron chi connectivity index (χ2n) is 6.59. The van der Waals surface area contributed by atoms with Crippen molar-refractivity contribution in [2.24, 2.45) is 10.9 Å². The molecule has 6 heteroatoms. The molecular weight excluding hydrogens is 427 g/mol. The van der Waals surface area contributed by atoms with E-state index in [-0.39, 0.29) is 29.9 Å². The Bertz CT molecular complexity index is 546. The van der Waals surface area contributed by atoms with Crippen LogP contribution in [0.4, 0.5) is 5.69 Å². The van der Waals surface area contributed by atoms with Gasteiger partial charge in [-0.15, -0.1) is 24.0 Å². The Balaban J connectivity index is 0.00000576. The largest absolute Gasteiger partial charge is 0.357 e. The topological polar surface area (TPSA) is 65.5 Å². The number of carbonyl (C=O) groups excluding carboxylic acids is 1. The Morgan fingerprint density at radius 3 is 2.52 bits per heavy atom. The van der Waals surface area contributed by atoms with Crippen LogP contribution in [0.2, 0.25) is 0 Å². The zero-order valence-corrected chi connectivity index (χ0v) is 18.4. The number of benzene rings is 1. The van der Waals surface area contributed by atoms with Crippen molar-refractivity contribution in [2.45, 2.75) is 60.0 Å². The molecule has 0 fully saturated rings. The minimum atomic E-state index is -0.0652. The van der Waals surface area contributed by atoms with E-state index in [0.717, 1.165) is 30.2 Å². The van der Waals surface area contributed by atoms with E-state index in [4.69, 9.17) is 0 Å². The first-order chi connectivity index (χ1) is 11.4. The summed E-state index contributed by atoms with van der Waals surface area (Å²) in [7, 11) is 0. The summed E-state index contributed by atoms with van der Waals surface area (Å²) in [6.07, 6.45) is 2.33. The number of rotatable bonds is 8. The van der Waals surface area contributed by atoms with E-state index in [1.165, 1.54) is 13.3 Å². The molecular formula is C19H33IN4O. The van der Waals surface area contributed by atoms with Crippen LogP contribution in [0.15, 0.2) is 29.3 Å². The number of nitrogens with zero attached hydrogens (tertiary/aromatic N) is 1. The standard InChI is InChI=1S/C19H32N4O.HI/c1-6-20-19(22-15(4)11-10-14(2)3)21-13-17-8-7-9-18(12-17)23-16(5)24;/h7-9,12,14-15H,6,10-11,13H2,1-5H3,(H,23,24)(H2,20,21,22);1H. The number of amides is 1. The van der Waals surface area contributed by atoms with E-state index >= 15 is 0 Å². The van der Waals surface area contributed by atoms with Crippen molar-refractivity contribution >= 4 is 41.5 Å². The van der Waals surface area contributed by atoms with Crippen LogP contribution < -0.4 is 16.0 Å². The highest BCUT2D eigenvalue weighted by molar-refractivity contribution is 14.0. The van der Waals surface area contributed by atoms with Crippen LogP contribution >= 0.6 is 24.0 Å². The fourth-order valence-corrected chi connectivity index (χ4v) is 2.33. The van der Waals surface area contributed by atoms with Gasteiger partial charge in [0, 0.05) is 25.2 Å². The third-order valence-electron chi connectivity index (χ3n) is 3.57. The summed E-state index contributed by atoms with van der Waals surface area (Å²) in [5, 5.41) is 9.55. The molecule has 0 aliphatic heterocycles. The summed E-state index contributed by atoms with van der Waals surface area (Å²) in [5.74, 6) is 1.48. The summed E-state index contributed by atoms with van der Waals surface area (Å²) in [6.45, 7) is 11.6. The van der Waals surface area contributed by atoms with E-state index in [1.54, 1.807) is 0 Å². The van der Waals surface area contributed by atoms with Gasteiger partial charge in [-0.1, -0.05) is 26.0 Å². The zero-order chi connectivity index (χ0) is 17.9. The molecule has 0 bridgehead atoms. The molecule has 1 unspecified atom stereocenters. The Morgan fingerprint density at radius 2 is 1.92 bits per heavy atom. The van der Waals surface area contributed by atoms with E-state index in [2.05, 4.69) is 48.6 Å². The first kappa shape index (κ1) is 23.7. The number of halogens is 1. The van der Waals surface area contributed by atoms with E-state index in [9.17, 15) is 4.79 Å². The second-order valence-corrected chi connectivity index (χ2v) is 6.59. The maximum Gasteiger partial charge on any atom is 0.221 e. The van der Waals surface area contributed by atoms with Crippen molar-refractivity contribution in [1.82, 2.24) is 10.6 Å². The number of anilines is 1. The van der Waals surface area contributed by atoms with E-state index in [0.29, 0.717) is 18.5 Å². The summed E-state index contributed by atoms with van der Waals surface area (Å²) >= 11 is 0. The summed E-state index contributed by atoms with van der Waals surface area (Å²) in [4.78, 5) is 15.8. The van der Waals surface area contributed by atoms with Gasteiger partial charge in [0.15, 0.2) is 5.96 Å². The monoisotopic (exact) mass is 460 g/mol. The highest BCUT2D eigenvalue weighted by atomic mass is 127. The number of aliphatic imine (C=N–C) groups is 1. The van der Waals surface area contributed by atoms with Gasteiger partial charge in [-0.3, -0.25) is 4.79 Å². The molecule has 1 amide bonds. The molecule has 0 spiro atoms. The average Bonchev–Trinajstić information content (AvgIpc) is 2.50. The van der Waals surface area contributed by atoms with Crippen LogP contribution in [0, 0.1) is 5.92 Å². The number of guanidine groups is 1. The number of carbonyl (C=O) groups is 1. The lowest BCUT2D eigenvalue weighted by molar-refractivity contribution is -0.114. The van der Waals surface area contributed by atoms with Crippen LogP contribution in [0.5, 0.6) is 0 Å². The molecule has 1 aromatic rings. The second kappa shape index (κ2) is 13.0. The molecule has 0 radical (unpaired) electrons. The lowest BCUT2D eigenvalue weighted by Gasteiger charge is -2.18. The highest BCUT2D eigenvalue weighted by Crippen LogP contribution is 2.11. The van der Waals surface area contributed by atoms with E-state index in [1.807, 2.05) is 24.3 Å². The SMILES string of the molecule is CCNC(=NCc1cccc(NC(C)=O)c1)NC(C)CCC(C)C.I. The Labute approximate surface area is 169 Å².